The van der Waals surface area contributed by atoms with E-state index in [1.165, 1.54) is 0 Å². The van der Waals surface area contributed by atoms with Gasteiger partial charge in [-0.05, 0) is 72.6 Å². The van der Waals surface area contributed by atoms with Gasteiger partial charge in [0.2, 0.25) is 24.0 Å². The molecule has 2 rings (SSSR count). The summed E-state index contributed by atoms with van der Waals surface area (Å²) in [5.41, 5.74) is 1.66. The Morgan fingerprint density at radius 2 is 1.34 bits per heavy atom. The first-order chi connectivity index (χ1) is 22.1. The van der Waals surface area contributed by atoms with Crippen LogP contribution in [0, 0.1) is 22.8 Å². The molecule has 0 aromatic heterocycles. The van der Waals surface area contributed by atoms with Crippen molar-refractivity contribution in [3.8, 4) is 6.19 Å². The van der Waals surface area contributed by atoms with Crippen molar-refractivity contribution in [2.24, 2.45) is 16.3 Å². The number of halogens is 1. The molecule has 47 heavy (non-hydrogen) atoms. The van der Waals surface area contributed by atoms with Gasteiger partial charge in [-0.3, -0.25) is 9.59 Å². The van der Waals surface area contributed by atoms with Crippen LogP contribution in [-0.2, 0) is 19.2 Å². The standard InChI is InChI=1S/C34H45ClN6O6/c1-21(2)18-26(22-10-14-24(15-11-22)38-33(37-20-36)39-25-16-12-23(35)13-17-25)30(43)41-28(32(46)47)9-7-6-8-27(31(44)45)40-29(42)19-34(3,4)5/h10-17,21,26-28H,6-9,18-19H2,1-5H3,(H,40,42)(H,41,43)(H,44,45)(H,46,47)(H2,37,38,39). The van der Waals surface area contributed by atoms with Gasteiger partial charge >= 0.3 is 11.9 Å². The normalized spacial score (nSPS) is 13.5. The minimum absolute atomic E-state index is 0.0994. The van der Waals surface area contributed by atoms with Crippen LogP contribution < -0.4 is 21.3 Å². The van der Waals surface area contributed by atoms with Crippen molar-refractivity contribution in [2.45, 2.75) is 91.1 Å². The number of rotatable bonds is 16. The summed E-state index contributed by atoms with van der Waals surface area (Å²) in [6.45, 7) is 9.58. The van der Waals surface area contributed by atoms with Crippen LogP contribution >= 0.6 is 11.6 Å². The van der Waals surface area contributed by atoms with Crippen LogP contribution in [0.25, 0.3) is 0 Å². The third kappa shape index (κ3) is 14.6. The molecule has 0 aliphatic heterocycles. The number of nitriles is 1. The predicted octanol–water partition coefficient (Wildman–Crippen LogP) is 5.97. The summed E-state index contributed by atoms with van der Waals surface area (Å²) in [7, 11) is 0. The number of carbonyl (C=O) groups is 4. The largest absolute Gasteiger partial charge is 0.480 e. The van der Waals surface area contributed by atoms with Gasteiger partial charge in [0.05, 0.1) is 5.92 Å². The number of benzene rings is 2. The highest BCUT2D eigenvalue weighted by Crippen LogP contribution is 2.26. The van der Waals surface area contributed by atoms with E-state index in [4.69, 9.17) is 16.9 Å². The Bertz CT molecular complexity index is 1430. The zero-order valence-electron chi connectivity index (χ0n) is 27.5. The molecule has 2 amide bonds. The lowest BCUT2D eigenvalue weighted by molar-refractivity contribution is -0.143. The molecule has 0 heterocycles. The molecule has 3 atom stereocenters. The maximum Gasteiger partial charge on any atom is 0.326 e. The number of nitrogens with one attached hydrogen (secondary N) is 4. The molecule has 12 nitrogen and oxygen atoms in total. The van der Waals surface area contributed by atoms with E-state index < -0.39 is 35.8 Å². The maximum absolute atomic E-state index is 13.4. The Balaban J connectivity index is 2.05. The van der Waals surface area contributed by atoms with E-state index in [0.29, 0.717) is 41.2 Å². The number of amides is 2. The van der Waals surface area contributed by atoms with Crippen molar-refractivity contribution in [3.05, 3.63) is 59.1 Å². The number of nitrogens with zero attached hydrogens (tertiary/aromatic N) is 2. The fourth-order valence-electron chi connectivity index (χ4n) is 4.82. The van der Waals surface area contributed by atoms with Crippen molar-refractivity contribution >= 4 is 52.7 Å². The molecule has 0 spiro atoms. The van der Waals surface area contributed by atoms with E-state index in [1.54, 1.807) is 54.7 Å². The number of unbranched alkanes of at least 4 members (excludes halogenated alkanes) is 1. The van der Waals surface area contributed by atoms with Gasteiger partial charge < -0.3 is 31.5 Å². The van der Waals surface area contributed by atoms with Gasteiger partial charge in [0.25, 0.3) is 0 Å². The van der Waals surface area contributed by atoms with Gasteiger partial charge in [-0.2, -0.15) is 5.26 Å². The minimum Gasteiger partial charge on any atom is -0.480 e. The van der Waals surface area contributed by atoms with Crippen molar-refractivity contribution in [3.63, 3.8) is 0 Å². The van der Waals surface area contributed by atoms with Crippen molar-refractivity contribution in [1.29, 1.82) is 5.26 Å². The molecule has 0 radical (unpaired) electrons. The van der Waals surface area contributed by atoms with Crippen LogP contribution in [0.2, 0.25) is 5.02 Å². The van der Waals surface area contributed by atoms with Crippen LogP contribution in [0.15, 0.2) is 53.5 Å². The third-order valence-corrected chi connectivity index (χ3v) is 7.29. The maximum atomic E-state index is 13.4. The lowest BCUT2D eigenvalue weighted by Crippen LogP contribution is -2.43. The molecule has 6 N–H and O–H groups in total. The molecule has 13 heteroatoms. The molecule has 0 bridgehead atoms. The summed E-state index contributed by atoms with van der Waals surface area (Å²) in [6, 6.07) is 11.6. The van der Waals surface area contributed by atoms with Crippen LogP contribution in [-0.4, -0.2) is 52.0 Å². The summed E-state index contributed by atoms with van der Waals surface area (Å²) in [4.78, 5) is 53.2. The van der Waals surface area contributed by atoms with E-state index in [2.05, 4.69) is 26.3 Å². The molecule has 0 aliphatic carbocycles. The molecule has 254 valence electrons. The lowest BCUT2D eigenvalue weighted by atomic mass is 9.89. The Kier molecular flexibility index (Phi) is 15.2. The second kappa shape index (κ2) is 18.5. The smallest absolute Gasteiger partial charge is 0.326 e. The number of anilines is 2. The third-order valence-electron chi connectivity index (χ3n) is 7.04. The highest BCUT2D eigenvalue weighted by Gasteiger charge is 2.28. The summed E-state index contributed by atoms with van der Waals surface area (Å²) < 4.78 is 0. The topological polar surface area (TPSA) is 193 Å². The SMILES string of the molecule is CC(C)CC(C(=O)NC(CCCCC(NC(=O)CC(C)(C)C)C(=O)O)C(=O)O)c1ccc(NC(=NC#N)Nc2ccc(Cl)cc2)cc1. The van der Waals surface area contributed by atoms with Gasteiger partial charge in [-0.25, -0.2) is 9.59 Å². The second-order valence-electron chi connectivity index (χ2n) is 13.0. The fourth-order valence-corrected chi connectivity index (χ4v) is 4.95. The molecule has 0 fully saturated rings. The van der Waals surface area contributed by atoms with Gasteiger partial charge in [-0.15, -0.1) is 4.99 Å². The van der Waals surface area contributed by atoms with Crippen molar-refractivity contribution < 1.29 is 29.4 Å². The highest BCUT2D eigenvalue weighted by molar-refractivity contribution is 6.30. The van der Waals surface area contributed by atoms with Gasteiger partial charge in [0.15, 0.2) is 0 Å². The van der Waals surface area contributed by atoms with Gasteiger partial charge in [0, 0.05) is 22.8 Å². The Labute approximate surface area is 281 Å². The summed E-state index contributed by atoms with van der Waals surface area (Å²) in [5.74, 6) is -3.44. The molecular formula is C34H45ClN6O6. The van der Waals surface area contributed by atoms with E-state index in [-0.39, 0.29) is 42.5 Å². The average Bonchev–Trinajstić information content (AvgIpc) is 2.97. The first-order valence-electron chi connectivity index (χ1n) is 15.5. The monoisotopic (exact) mass is 668 g/mol. The lowest BCUT2D eigenvalue weighted by Gasteiger charge is -2.23. The summed E-state index contributed by atoms with van der Waals surface area (Å²) in [5, 5.41) is 40.3. The zero-order valence-corrected chi connectivity index (χ0v) is 28.2. The van der Waals surface area contributed by atoms with Gasteiger partial charge in [-0.1, -0.05) is 71.2 Å². The number of hydrogen-bond donors (Lipinski definition) is 6. The van der Waals surface area contributed by atoms with Crippen LogP contribution in [0.1, 0.15) is 84.6 Å². The fraction of sp³-hybridized carbons (Fsp3) is 0.471. The minimum atomic E-state index is -1.19. The molecule has 3 unspecified atom stereocenters. The Morgan fingerprint density at radius 3 is 1.79 bits per heavy atom. The summed E-state index contributed by atoms with van der Waals surface area (Å²) in [6.07, 6.45) is 3.32. The van der Waals surface area contributed by atoms with E-state index in [1.807, 2.05) is 34.6 Å². The molecule has 2 aromatic carbocycles. The first-order valence-corrected chi connectivity index (χ1v) is 15.9. The average molecular weight is 669 g/mol. The van der Waals surface area contributed by atoms with Crippen molar-refractivity contribution in [2.75, 3.05) is 10.6 Å². The number of carbonyl (C=O) groups excluding carboxylic acids is 2. The molecule has 0 aliphatic rings. The van der Waals surface area contributed by atoms with Crippen LogP contribution in [0.3, 0.4) is 0 Å². The molecule has 0 saturated carbocycles. The van der Waals surface area contributed by atoms with E-state index >= 15 is 0 Å². The van der Waals surface area contributed by atoms with Crippen LogP contribution in [0.5, 0.6) is 0 Å². The highest BCUT2D eigenvalue weighted by atomic mass is 35.5. The first kappa shape index (κ1) is 38.6. The number of guanidine groups is 1. The Morgan fingerprint density at radius 1 is 0.851 bits per heavy atom. The summed E-state index contributed by atoms with van der Waals surface area (Å²) >= 11 is 5.94. The predicted molar refractivity (Wildman–Crippen MR) is 182 cm³/mol. The number of carboxylic acids is 2. The van der Waals surface area contributed by atoms with Crippen LogP contribution in [0.4, 0.5) is 11.4 Å². The number of hydrogen-bond acceptors (Lipinski definition) is 6. The van der Waals surface area contributed by atoms with E-state index in [0.717, 1.165) is 0 Å². The van der Waals surface area contributed by atoms with Crippen molar-refractivity contribution in [1.82, 2.24) is 10.6 Å². The Hall–Kier alpha value is -4.63. The second-order valence-corrected chi connectivity index (χ2v) is 13.4. The molecule has 2 aromatic rings. The number of aliphatic carboxylic acids is 2. The van der Waals surface area contributed by atoms with E-state index in [9.17, 15) is 29.4 Å². The molecule has 0 saturated heterocycles. The van der Waals surface area contributed by atoms with Gasteiger partial charge in [0.1, 0.15) is 12.1 Å². The zero-order chi connectivity index (χ0) is 35.1. The quantitative estimate of drug-likeness (QED) is 0.0541. The molecular weight excluding hydrogens is 624 g/mol. The number of aliphatic imine (C=N–C) groups is 1. The number of carboxylic acid groups (broad SMARTS) is 2.